The molecule has 0 unspecified atom stereocenters. The molecule has 0 aliphatic rings. The van der Waals surface area contributed by atoms with Crippen LogP contribution in [-0.4, -0.2) is 17.6 Å². The van der Waals surface area contributed by atoms with Crippen LogP contribution in [0.4, 0.5) is 0 Å². The van der Waals surface area contributed by atoms with Crippen molar-refractivity contribution in [2.75, 3.05) is 6.61 Å². The van der Waals surface area contributed by atoms with Crippen LogP contribution in [0.25, 0.3) is 0 Å². The predicted octanol–water partition coefficient (Wildman–Crippen LogP) is 3.01. The molecule has 0 aliphatic carbocycles. The van der Waals surface area contributed by atoms with Gasteiger partial charge in [-0.25, -0.2) is 0 Å². The van der Waals surface area contributed by atoms with Gasteiger partial charge in [-0.2, -0.15) is 0 Å². The molecule has 1 aromatic carbocycles. The minimum Gasteiger partial charge on any atom is -0.492 e. The zero-order valence-corrected chi connectivity index (χ0v) is 10.8. The molecular weight excluding hydrogens is 295 g/mol. The summed E-state index contributed by atoms with van der Waals surface area (Å²) >= 11 is 9.14. The summed E-state index contributed by atoms with van der Waals surface area (Å²) < 4.78 is 6.30. The topological polar surface area (TPSA) is 67.8 Å². The van der Waals surface area contributed by atoms with E-state index in [1.54, 1.807) is 18.2 Å². The second-order valence-corrected chi connectivity index (χ2v) is 4.41. The van der Waals surface area contributed by atoms with Crippen molar-refractivity contribution in [1.82, 2.24) is 0 Å². The summed E-state index contributed by atoms with van der Waals surface area (Å²) in [5, 5.41) is 11.8. The van der Waals surface area contributed by atoms with E-state index in [-0.39, 0.29) is 5.84 Å². The maximum absolute atomic E-state index is 8.33. The number of amidine groups is 1. The molecule has 88 valence electrons. The second-order valence-electron chi connectivity index (χ2n) is 3.12. The van der Waals surface area contributed by atoms with Crippen LogP contribution in [0.2, 0.25) is 5.02 Å². The third-order valence-corrected chi connectivity index (χ3v) is 2.71. The van der Waals surface area contributed by atoms with Crippen molar-refractivity contribution in [1.29, 1.82) is 0 Å². The number of nitrogens with two attached hydrogens (primary N) is 1. The van der Waals surface area contributed by atoms with Crippen molar-refractivity contribution in [2.24, 2.45) is 10.9 Å². The van der Waals surface area contributed by atoms with Crippen LogP contribution in [-0.2, 0) is 0 Å². The quantitative estimate of drug-likeness (QED) is 0.289. The molecule has 3 N–H and O–H groups in total. The molecule has 0 spiro atoms. The van der Waals surface area contributed by atoms with Crippen molar-refractivity contribution in [3.8, 4) is 5.75 Å². The standard InChI is InChI=1S/C10H12BrClN2O2/c11-8-6-7(12)3-4-9(8)16-5-1-2-10(13)14-15/h3-4,6,15H,1-2,5H2,(H2,13,14). The van der Waals surface area contributed by atoms with E-state index in [0.29, 0.717) is 24.5 Å². The lowest BCUT2D eigenvalue weighted by Gasteiger charge is -2.07. The van der Waals surface area contributed by atoms with Crippen LogP contribution in [0.15, 0.2) is 27.8 Å². The smallest absolute Gasteiger partial charge is 0.139 e. The number of benzene rings is 1. The molecule has 0 fully saturated rings. The summed E-state index contributed by atoms with van der Waals surface area (Å²) in [4.78, 5) is 0. The summed E-state index contributed by atoms with van der Waals surface area (Å²) in [6, 6.07) is 5.31. The Labute approximate surface area is 107 Å². The van der Waals surface area contributed by atoms with Gasteiger partial charge in [-0.05, 0) is 40.5 Å². The highest BCUT2D eigenvalue weighted by molar-refractivity contribution is 9.10. The molecule has 0 atom stereocenters. The number of rotatable bonds is 5. The lowest BCUT2D eigenvalue weighted by molar-refractivity contribution is 0.304. The van der Waals surface area contributed by atoms with Gasteiger partial charge in [0.2, 0.25) is 0 Å². The lowest BCUT2D eigenvalue weighted by atomic mass is 10.3. The Kier molecular flexibility index (Phi) is 5.42. The van der Waals surface area contributed by atoms with Gasteiger partial charge in [0.15, 0.2) is 0 Å². The van der Waals surface area contributed by atoms with Crippen LogP contribution < -0.4 is 10.5 Å². The van der Waals surface area contributed by atoms with E-state index in [2.05, 4.69) is 21.1 Å². The molecule has 6 heteroatoms. The average Bonchev–Trinajstić information content (AvgIpc) is 2.26. The number of nitrogens with zero attached hydrogens (tertiary/aromatic N) is 1. The first-order chi connectivity index (χ1) is 7.63. The molecule has 0 amide bonds. The van der Waals surface area contributed by atoms with Gasteiger partial charge in [0.05, 0.1) is 11.1 Å². The van der Waals surface area contributed by atoms with Crippen molar-refractivity contribution in [3.63, 3.8) is 0 Å². The van der Waals surface area contributed by atoms with E-state index in [1.807, 2.05) is 0 Å². The van der Waals surface area contributed by atoms with E-state index >= 15 is 0 Å². The molecule has 0 aliphatic heterocycles. The first-order valence-corrected chi connectivity index (χ1v) is 5.85. The molecule has 0 saturated carbocycles. The second kappa shape index (κ2) is 6.60. The van der Waals surface area contributed by atoms with Crippen LogP contribution in [0.5, 0.6) is 5.75 Å². The summed E-state index contributed by atoms with van der Waals surface area (Å²) in [5.41, 5.74) is 5.32. The Hall–Kier alpha value is -0.940. The normalized spacial score (nSPS) is 11.5. The Morgan fingerprint density at radius 1 is 1.56 bits per heavy atom. The van der Waals surface area contributed by atoms with E-state index in [9.17, 15) is 0 Å². The Balaban J connectivity index is 2.37. The first-order valence-electron chi connectivity index (χ1n) is 4.67. The van der Waals surface area contributed by atoms with Crippen molar-refractivity contribution in [3.05, 3.63) is 27.7 Å². The highest BCUT2D eigenvalue weighted by Gasteiger charge is 2.01. The van der Waals surface area contributed by atoms with Gasteiger partial charge in [0.1, 0.15) is 11.6 Å². The lowest BCUT2D eigenvalue weighted by Crippen LogP contribution is -2.12. The Morgan fingerprint density at radius 3 is 2.94 bits per heavy atom. The Morgan fingerprint density at radius 2 is 2.31 bits per heavy atom. The van der Waals surface area contributed by atoms with E-state index < -0.39 is 0 Å². The van der Waals surface area contributed by atoms with E-state index in [0.717, 1.165) is 10.2 Å². The van der Waals surface area contributed by atoms with Gasteiger partial charge in [-0.3, -0.25) is 0 Å². The molecule has 1 aromatic rings. The number of halogens is 2. The molecular formula is C10H12BrClN2O2. The maximum atomic E-state index is 8.33. The molecule has 0 radical (unpaired) electrons. The van der Waals surface area contributed by atoms with Gasteiger partial charge < -0.3 is 15.7 Å². The molecule has 16 heavy (non-hydrogen) atoms. The number of ether oxygens (including phenoxy) is 1. The van der Waals surface area contributed by atoms with Gasteiger partial charge in [0, 0.05) is 11.4 Å². The average molecular weight is 308 g/mol. The Bertz CT molecular complexity index is 385. The number of hydrogen-bond donors (Lipinski definition) is 2. The SMILES string of the molecule is N/C(CCCOc1ccc(Cl)cc1Br)=N\O. The zero-order valence-electron chi connectivity index (χ0n) is 8.49. The van der Waals surface area contributed by atoms with Crippen LogP contribution in [0.3, 0.4) is 0 Å². The molecule has 1 rings (SSSR count). The highest BCUT2D eigenvalue weighted by Crippen LogP contribution is 2.27. The minimum absolute atomic E-state index is 0.207. The zero-order chi connectivity index (χ0) is 12.0. The van der Waals surface area contributed by atoms with E-state index in [1.165, 1.54) is 0 Å². The van der Waals surface area contributed by atoms with Crippen LogP contribution in [0.1, 0.15) is 12.8 Å². The fourth-order valence-corrected chi connectivity index (χ4v) is 1.87. The molecule has 0 saturated heterocycles. The first kappa shape index (κ1) is 13.1. The number of oxime groups is 1. The van der Waals surface area contributed by atoms with Gasteiger partial charge in [0.25, 0.3) is 0 Å². The largest absolute Gasteiger partial charge is 0.492 e. The summed E-state index contributed by atoms with van der Waals surface area (Å²) in [6.07, 6.45) is 1.19. The predicted molar refractivity (Wildman–Crippen MR) is 67.3 cm³/mol. The summed E-state index contributed by atoms with van der Waals surface area (Å²) in [6.45, 7) is 0.496. The fourth-order valence-electron chi connectivity index (χ4n) is 1.08. The van der Waals surface area contributed by atoms with Crippen LogP contribution >= 0.6 is 27.5 Å². The van der Waals surface area contributed by atoms with Gasteiger partial charge in [-0.15, -0.1) is 0 Å². The van der Waals surface area contributed by atoms with Crippen molar-refractivity contribution >= 4 is 33.4 Å². The third-order valence-electron chi connectivity index (χ3n) is 1.86. The molecule has 4 nitrogen and oxygen atoms in total. The highest BCUT2D eigenvalue weighted by atomic mass is 79.9. The molecule has 0 heterocycles. The van der Waals surface area contributed by atoms with Gasteiger partial charge in [-0.1, -0.05) is 16.8 Å². The van der Waals surface area contributed by atoms with Gasteiger partial charge >= 0.3 is 0 Å². The van der Waals surface area contributed by atoms with E-state index in [4.69, 9.17) is 27.3 Å². The molecule has 0 bridgehead atoms. The van der Waals surface area contributed by atoms with Crippen molar-refractivity contribution < 1.29 is 9.94 Å². The van der Waals surface area contributed by atoms with Crippen molar-refractivity contribution in [2.45, 2.75) is 12.8 Å². The summed E-state index contributed by atoms with van der Waals surface area (Å²) in [7, 11) is 0. The maximum Gasteiger partial charge on any atom is 0.139 e. The monoisotopic (exact) mass is 306 g/mol. The van der Waals surface area contributed by atoms with Crippen LogP contribution in [0, 0.1) is 0 Å². The minimum atomic E-state index is 0.207. The summed E-state index contributed by atoms with van der Waals surface area (Å²) in [5.74, 6) is 0.933. The number of hydrogen-bond acceptors (Lipinski definition) is 3. The third kappa shape index (κ3) is 4.28. The molecule has 0 aromatic heterocycles. The fraction of sp³-hybridized carbons (Fsp3) is 0.300.